The molecular formula is C16H23N3O. The van der Waals surface area contributed by atoms with Gasteiger partial charge < -0.3 is 9.51 Å². The smallest absolute Gasteiger partial charge is 0.137 e. The number of likely N-dealkylation sites (tertiary alicyclic amines) is 1. The van der Waals surface area contributed by atoms with E-state index in [1.54, 1.807) is 0 Å². The van der Waals surface area contributed by atoms with Crippen molar-refractivity contribution in [2.75, 3.05) is 19.7 Å². The molecule has 4 nitrogen and oxygen atoms in total. The summed E-state index contributed by atoms with van der Waals surface area (Å²) in [5.74, 6) is 0. The molecule has 1 N–H and O–H groups in total. The molecule has 20 heavy (non-hydrogen) atoms. The molecule has 0 amide bonds. The Morgan fingerprint density at radius 3 is 2.75 bits per heavy atom. The fourth-order valence-corrected chi connectivity index (χ4v) is 3.10. The summed E-state index contributed by atoms with van der Waals surface area (Å²) in [6.45, 7) is 5.54. The van der Waals surface area contributed by atoms with Gasteiger partial charge in [-0.25, -0.2) is 4.98 Å². The summed E-state index contributed by atoms with van der Waals surface area (Å²) < 4.78 is 2.07. The second-order valence-electron chi connectivity index (χ2n) is 5.99. The standard InChI is InChI=1S/C16H23N3O/c1-2-16(13-20)6-9-18(10-7-16)11-14-12-19-8-4-3-5-15(19)17-14/h3-5,8,12,20H,2,6-7,9-11,13H2,1H3. The number of fused-ring (bicyclic) bond motifs is 1. The second-order valence-corrected chi connectivity index (χ2v) is 5.99. The third-order valence-electron chi connectivity index (χ3n) is 4.80. The Labute approximate surface area is 120 Å². The van der Waals surface area contributed by atoms with E-state index in [0.717, 1.165) is 50.2 Å². The molecule has 108 valence electrons. The van der Waals surface area contributed by atoms with Gasteiger partial charge in [0.2, 0.25) is 0 Å². The van der Waals surface area contributed by atoms with E-state index in [4.69, 9.17) is 0 Å². The molecule has 0 atom stereocenters. The van der Waals surface area contributed by atoms with Gasteiger partial charge in [-0.15, -0.1) is 0 Å². The summed E-state index contributed by atoms with van der Waals surface area (Å²) in [5, 5.41) is 9.58. The molecule has 1 aliphatic heterocycles. The van der Waals surface area contributed by atoms with E-state index in [2.05, 4.69) is 27.4 Å². The van der Waals surface area contributed by atoms with E-state index in [1.165, 1.54) is 0 Å². The Morgan fingerprint density at radius 2 is 2.10 bits per heavy atom. The fourth-order valence-electron chi connectivity index (χ4n) is 3.10. The highest BCUT2D eigenvalue weighted by atomic mass is 16.3. The molecule has 0 spiro atoms. The SMILES string of the molecule is CCC1(CO)CCN(Cc2cn3ccccc3n2)CC1. The molecule has 3 rings (SSSR count). The van der Waals surface area contributed by atoms with Crippen molar-refractivity contribution in [1.29, 1.82) is 0 Å². The number of hydrogen-bond donors (Lipinski definition) is 1. The van der Waals surface area contributed by atoms with Crippen LogP contribution in [0.1, 0.15) is 31.9 Å². The summed E-state index contributed by atoms with van der Waals surface area (Å²) in [4.78, 5) is 7.11. The molecule has 1 aliphatic rings. The largest absolute Gasteiger partial charge is 0.396 e. The first-order valence-electron chi connectivity index (χ1n) is 7.50. The van der Waals surface area contributed by atoms with Crippen LogP contribution in [0.2, 0.25) is 0 Å². The van der Waals surface area contributed by atoms with Crippen LogP contribution in [0.5, 0.6) is 0 Å². The van der Waals surface area contributed by atoms with Gasteiger partial charge in [-0.2, -0.15) is 0 Å². The van der Waals surface area contributed by atoms with Crippen molar-refractivity contribution in [2.45, 2.75) is 32.7 Å². The Morgan fingerprint density at radius 1 is 1.30 bits per heavy atom. The van der Waals surface area contributed by atoms with Gasteiger partial charge in [0.25, 0.3) is 0 Å². The number of aromatic nitrogens is 2. The molecule has 1 fully saturated rings. The highest BCUT2D eigenvalue weighted by Crippen LogP contribution is 2.34. The number of nitrogens with zero attached hydrogens (tertiary/aromatic N) is 3. The summed E-state index contributed by atoms with van der Waals surface area (Å²) in [5.41, 5.74) is 2.30. The van der Waals surface area contributed by atoms with E-state index in [1.807, 2.05) is 24.4 Å². The fraction of sp³-hybridized carbons (Fsp3) is 0.562. The van der Waals surface area contributed by atoms with Crippen LogP contribution >= 0.6 is 0 Å². The van der Waals surface area contributed by atoms with Crippen LogP contribution in [0.4, 0.5) is 0 Å². The zero-order valence-corrected chi connectivity index (χ0v) is 12.1. The van der Waals surface area contributed by atoms with Gasteiger partial charge in [0.05, 0.1) is 5.69 Å². The quantitative estimate of drug-likeness (QED) is 0.929. The first-order valence-corrected chi connectivity index (χ1v) is 7.50. The van der Waals surface area contributed by atoms with Crippen molar-refractivity contribution >= 4 is 5.65 Å². The van der Waals surface area contributed by atoms with Gasteiger partial charge in [-0.3, -0.25) is 4.90 Å². The molecule has 0 unspecified atom stereocenters. The number of rotatable bonds is 4. The van der Waals surface area contributed by atoms with E-state index in [0.29, 0.717) is 6.61 Å². The minimum atomic E-state index is 0.162. The van der Waals surface area contributed by atoms with Gasteiger partial charge in [-0.05, 0) is 49.9 Å². The van der Waals surface area contributed by atoms with Gasteiger partial charge in [0.15, 0.2) is 0 Å². The average Bonchev–Trinajstić information content (AvgIpc) is 2.90. The molecule has 4 heteroatoms. The predicted octanol–water partition coefficient (Wildman–Crippen LogP) is 2.32. The minimum Gasteiger partial charge on any atom is -0.396 e. The van der Waals surface area contributed by atoms with Crippen molar-refractivity contribution in [3.63, 3.8) is 0 Å². The summed E-state index contributed by atoms with van der Waals surface area (Å²) in [6.07, 6.45) is 7.41. The lowest BCUT2D eigenvalue weighted by molar-refractivity contribution is 0.0379. The molecule has 0 saturated carbocycles. The maximum absolute atomic E-state index is 9.58. The maximum Gasteiger partial charge on any atom is 0.137 e. The van der Waals surface area contributed by atoms with Crippen molar-refractivity contribution in [1.82, 2.24) is 14.3 Å². The van der Waals surface area contributed by atoms with Crippen LogP contribution in [0.15, 0.2) is 30.6 Å². The van der Waals surface area contributed by atoms with Crippen LogP contribution in [-0.4, -0.2) is 39.1 Å². The first-order chi connectivity index (χ1) is 9.74. The number of imidazole rings is 1. The molecule has 0 aliphatic carbocycles. The zero-order valence-electron chi connectivity index (χ0n) is 12.1. The number of aliphatic hydroxyl groups is 1. The monoisotopic (exact) mass is 273 g/mol. The van der Waals surface area contributed by atoms with Crippen LogP contribution in [-0.2, 0) is 6.54 Å². The van der Waals surface area contributed by atoms with Crippen LogP contribution in [0.25, 0.3) is 5.65 Å². The molecule has 2 aromatic rings. The van der Waals surface area contributed by atoms with Gasteiger partial charge in [-0.1, -0.05) is 13.0 Å². The van der Waals surface area contributed by atoms with Gasteiger partial charge in [0, 0.05) is 25.5 Å². The highest BCUT2D eigenvalue weighted by Gasteiger charge is 2.32. The van der Waals surface area contributed by atoms with Gasteiger partial charge >= 0.3 is 0 Å². The number of aliphatic hydroxyl groups excluding tert-OH is 1. The predicted molar refractivity (Wildman–Crippen MR) is 79.5 cm³/mol. The van der Waals surface area contributed by atoms with Gasteiger partial charge in [0.1, 0.15) is 5.65 Å². The third kappa shape index (κ3) is 2.58. The van der Waals surface area contributed by atoms with Crippen LogP contribution in [0.3, 0.4) is 0 Å². The molecular weight excluding hydrogens is 250 g/mol. The normalized spacial score (nSPS) is 19.5. The average molecular weight is 273 g/mol. The van der Waals surface area contributed by atoms with Crippen molar-refractivity contribution in [3.8, 4) is 0 Å². The summed E-state index contributed by atoms with van der Waals surface area (Å²) in [7, 11) is 0. The number of pyridine rings is 1. The molecule has 2 aromatic heterocycles. The van der Waals surface area contributed by atoms with Crippen molar-refractivity contribution in [2.24, 2.45) is 5.41 Å². The second kappa shape index (κ2) is 5.54. The summed E-state index contributed by atoms with van der Waals surface area (Å²) in [6, 6.07) is 6.08. The molecule has 1 saturated heterocycles. The molecule has 0 radical (unpaired) electrons. The zero-order chi connectivity index (χ0) is 14.0. The molecule has 0 bridgehead atoms. The Hall–Kier alpha value is -1.39. The maximum atomic E-state index is 9.58. The lowest BCUT2D eigenvalue weighted by Crippen LogP contribution is -2.41. The lowest BCUT2D eigenvalue weighted by atomic mass is 9.77. The van der Waals surface area contributed by atoms with Crippen molar-refractivity contribution < 1.29 is 5.11 Å². The van der Waals surface area contributed by atoms with E-state index < -0.39 is 0 Å². The third-order valence-corrected chi connectivity index (χ3v) is 4.80. The lowest BCUT2D eigenvalue weighted by Gasteiger charge is -2.40. The molecule has 0 aromatic carbocycles. The van der Waals surface area contributed by atoms with E-state index in [-0.39, 0.29) is 5.41 Å². The van der Waals surface area contributed by atoms with Crippen LogP contribution < -0.4 is 0 Å². The minimum absolute atomic E-state index is 0.162. The summed E-state index contributed by atoms with van der Waals surface area (Å²) >= 11 is 0. The Balaban J connectivity index is 1.65. The van der Waals surface area contributed by atoms with Crippen LogP contribution in [0, 0.1) is 5.41 Å². The Bertz CT molecular complexity index is 531. The topological polar surface area (TPSA) is 40.8 Å². The first kappa shape index (κ1) is 13.6. The van der Waals surface area contributed by atoms with E-state index >= 15 is 0 Å². The molecule has 3 heterocycles. The number of piperidine rings is 1. The number of hydrogen-bond acceptors (Lipinski definition) is 3. The van der Waals surface area contributed by atoms with E-state index in [9.17, 15) is 5.11 Å². The Kier molecular flexibility index (Phi) is 3.76. The highest BCUT2D eigenvalue weighted by molar-refractivity contribution is 5.39. The van der Waals surface area contributed by atoms with Crippen molar-refractivity contribution in [3.05, 3.63) is 36.3 Å².